The molecule has 0 fully saturated rings. The maximum absolute atomic E-state index is 13.8. The summed E-state index contributed by atoms with van der Waals surface area (Å²) in [4.78, 5) is 19.7. The van der Waals surface area contributed by atoms with E-state index < -0.39 is 5.54 Å². The largest absolute Gasteiger partial charge is 0.496 e. The number of benzene rings is 2. The Kier molecular flexibility index (Phi) is 7.21. The molecule has 3 heterocycles. The second kappa shape index (κ2) is 10.5. The molecule has 4 aromatic rings. The van der Waals surface area contributed by atoms with Crippen molar-refractivity contribution in [3.8, 4) is 45.6 Å². The third kappa shape index (κ3) is 4.99. The van der Waals surface area contributed by atoms with E-state index in [1.54, 1.807) is 54.2 Å². The molecule has 10 heteroatoms. The van der Waals surface area contributed by atoms with Crippen molar-refractivity contribution in [2.45, 2.75) is 32.7 Å². The number of carbonyl (C=O) groups excluding carboxylic acids is 1. The molecule has 204 valence electrons. The summed E-state index contributed by atoms with van der Waals surface area (Å²) in [5.74, 6) is 0.916. The molecule has 0 N–H and O–H groups in total. The van der Waals surface area contributed by atoms with Gasteiger partial charge in [0.05, 0.1) is 30.7 Å². The zero-order valence-electron chi connectivity index (χ0n) is 22.7. The van der Waals surface area contributed by atoms with Gasteiger partial charge in [-0.05, 0) is 51.1 Å². The van der Waals surface area contributed by atoms with E-state index in [1.165, 1.54) is 6.20 Å². The van der Waals surface area contributed by atoms with Gasteiger partial charge in [0.25, 0.3) is 5.91 Å². The molecule has 0 spiro atoms. The molecule has 0 saturated carbocycles. The number of nitriles is 1. The van der Waals surface area contributed by atoms with E-state index in [1.807, 2.05) is 32.9 Å². The van der Waals surface area contributed by atoms with Crippen LogP contribution in [-0.2, 0) is 6.42 Å². The van der Waals surface area contributed by atoms with Crippen molar-refractivity contribution < 1.29 is 14.3 Å². The number of carbonyl (C=O) groups is 1. The van der Waals surface area contributed by atoms with E-state index in [2.05, 4.69) is 11.1 Å². The summed E-state index contributed by atoms with van der Waals surface area (Å²) < 4.78 is 13.6. The van der Waals surface area contributed by atoms with Crippen molar-refractivity contribution in [2.75, 3.05) is 20.8 Å². The van der Waals surface area contributed by atoms with Gasteiger partial charge in [-0.25, -0.2) is 4.68 Å². The van der Waals surface area contributed by atoms with Gasteiger partial charge in [0, 0.05) is 69.8 Å². The lowest BCUT2D eigenvalue weighted by molar-refractivity contribution is 0.0648. The predicted molar refractivity (Wildman–Crippen MR) is 155 cm³/mol. The number of rotatable bonds is 4. The maximum Gasteiger partial charge on any atom is 0.274 e. The van der Waals surface area contributed by atoms with Crippen LogP contribution in [0.2, 0.25) is 10.0 Å². The van der Waals surface area contributed by atoms with Crippen LogP contribution in [0.5, 0.6) is 11.5 Å². The van der Waals surface area contributed by atoms with E-state index in [0.717, 1.165) is 5.56 Å². The lowest BCUT2D eigenvalue weighted by atomic mass is 9.97. The second-order valence-electron chi connectivity index (χ2n) is 10.5. The third-order valence-electron chi connectivity index (χ3n) is 6.93. The van der Waals surface area contributed by atoms with E-state index in [4.69, 9.17) is 37.8 Å². The quantitative estimate of drug-likeness (QED) is 0.272. The van der Waals surface area contributed by atoms with Crippen LogP contribution in [0.4, 0.5) is 0 Å². The van der Waals surface area contributed by atoms with Crippen LogP contribution in [0.25, 0.3) is 28.1 Å². The third-order valence-corrected chi connectivity index (χ3v) is 7.37. The van der Waals surface area contributed by atoms with Crippen molar-refractivity contribution in [3.63, 3.8) is 0 Å². The monoisotopic (exact) mass is 575 g/mol. The highest BCUT2D eigenvalue weighted by molar-refractivity contribution is 6.34. The normalized spacial score (nSPS) is 12.4. The molecular weight excluding hydrogens is 549 g/mol. The number of amides is 1. The zero-order valence-corrected chi connectivity index (χ0v) is 24.3. The lowest BCUT2D eigenvalue weighted by Gasteiger charge is -2.31. The number of aromatic nitrogens is 3. The average Bonchev–Trinajstić information content (AvgIpc) is 3.20. The lowest BCUT2D eigenvalue weighted by Crippen LogP contribution is -2.43. The van der Waals surface area contributed by atoms with Gasteiger partial charge in [0.2, 0.25) is 0 Å². The van der Waals surface area contributed by atoms with Crippen molar-refractivity contribution in [1.29, 1.82) is 5.26 Å². The van der Waals surface area contributed by atoms with Crippen molar-refractivity contribution in [3.05, 3.63) is 75.7 Å². The summed E-state index contributed by atoms with van der Waals surface area (Å²) in [5, 5.41) is 15.2. The van der Waals surface area contributed by atoms with Crippen molar-refractivity contribution >= 4 is 29.1 Å². The molecule has 8 nitrogen and oxygen atoms in total. The highest BCUT2D eigenvalue weighted by Crippen LogP contribution is 2.45. The smallest absolute Gasteiger partial charge is 0.274 e. The van der Waals surface area contributed by atoms with Gasteiger partial charge in [0.1, 0.15) is 17.6 Å². The molecular formula is C30H27Cl2N5O3. The first kappa shape index (κ1) is 27.5. The topological polar surface area (TPSA) is 93.3 Å². The first-order valence-electron chi connectivity index (χ1n) is 12.6. The standard InChI is InChI=1S/C30H27Cl2N5O3/c1-30(2,3)36(4)29(38)27-22-6-7-40-26-13-25(39-5)23(18-8-17(14-33)15-34-16-18)12-24(26)28(22)37(35-27)21-10-19(31)9-20(32)11-21/h8-13,15-16H,6-7H2,1-5H3. The molecule has 5 rings (SSSR count). The van der Waals surface area contributed by atoms with Gasteiger partial charge in [-0.1, -0.05) is 23.2 Å². The van der Waals surface area contributed by atoms with Crippen LogP contribution in [0.15, 0.2) is 48.8 Å². The molecule has 0 saturated heterocycles. The summed E-state index contributed by atoms with van der Waals surface area (Å²) in [6.45, 7) is 6.24. The second-order valence-corrected chi connectivity index (χ2v) is 11.3. The maximum atomic E-state index is 13.8. The number of ether oxygens (including phenoxy) is 2. The van der Waals surface area contributed by atoms with Crippen LogP contribution in [0.1, 0.15) is 42.4 Å². The SMILES string of the molecule is COc1cc2c(cc1-c1cncc(C#N)c1)-c1c(c(C(=O)N(C)C(C)(C)C)nn1-c1cc(Cl)cc(Cl)c1)CCO2. The first-order valence-corrected chi connectivity index (χ1v) is 13.3. The zero-order chi connectivity index (χ0) is 28.8. The molecule has 0 bridgehead atoms. The average molecular weight is 576 g/mol. The van der Waals surface area contributed by atoms with Crippen LogP contribution in [0, 0.1) is 11.3 Å². The van der Waals surface area contributed by atoms with E-state index in [9.17, 15) is 10.1 Å². The number of fused-ring (bicyclic) bond motifs is 3. The van der Waals surface area contributed by atoms with Gasteiger partial charge in [-0.3, -0.25) is 9.78 Å². The molecule has 2 aromatic carbocycles. The van der Waals surface area contributed by atoms with E-state index >= 15 is 0 Å². The van der Waals surface area contributed by atoms with Gasteiger partial charge >= 0.3 is 0 Å². The minimum atomic E-state index is -0.425. The Balaban J connectivity index is 1.83. The van der Waals surface area contributed by atoms with Gasteiger partial charge in [-0.15, -0.1) is 0 Å². The molecule has 1 aliphatic rings. The fourth-order valence-corrected chi connectivity index (χ4v) is 5.13. The summed E-state index contributed by atoms with van der Waals surface area (Å²) in [6.07, 6.45) is 3.62. The number of hydrogen-bond acceptors (Lipinski definition) is 6. The molecule has 0 aliphatic carbocycles. The minimum Gasteiger partial charge on any atom is -0.496 e. The van der Waals surface area contributed by atoms with Crippen molar-refractivity contribution in [2.24, 2.45) is 0 Å². The molecule has 2 aromatic heterocycles. The van der Waals surface area contributed by atoms with Crippen molar-refractivity contribution in [1.82, 2.24) is 19.7 Å². The molecule has 0 radical (unpaired) electrons. The van der Waals surface area contributed by atoms with Crippen LogP contribution < -0.4 is 9.47 Å². The highest BCUT2D eigenvalue weighted by Gasteiger charge is 2.33. The van der Waals surface area contributed by atoms with E-state index in [0.29, 0.717) is 73.9 Å². The fraction of sp³-hybridized carbons (Fsp3) is 0.267. The van der Waals surface area contributed by atoms with Gasteiger partial charge in [0.15, 0.2) is 5.69 Å². The summed E-state index contributed by atoms with van der Waals surface area (Å²) in [7, 11) is 3.34. The highest BCUT2D eigenvalue weighted by atomic mass is 35.5. The van der Waals surface area contributed by atoms with Crippen LogP contribution >= 0.6 is 23.2 Å². The number of halogens is 2. The van der Waals surface area contributed by atoms with Crippen LogP contribution in [-0.4, -0.2) is 51.9 Å². The molecule has 1 amide bonds. The fourth-order valence-electron chi connectivity index (χ4n) is 4.62. The minimum absolute atomic E-state index is 0.210. The molecule has 1 aliphatic heterocycles. The summed E-state index contributed by atoms with van der Waals surface area (Å²) in [6, 6.07) is 12.7. The number of hydrogen-bond donors (Lipinski definition) is 0. The Morgan fingerprint density at radius 3 is 2.48 bits per heavy atom. The van der Waals surface area contributed by atoms with Crippen LogP contribution in [0.3, 0.4) is 0 Å². The van der Waals surface area contributed by atoms with Gasteiger partial charge < -0.3 is 14.4 Å². The molecule has 40 heavy (non-hydrogen) atoms. The number of nitrogens with zero attached hydrogens (tertiary/aromatic N) is 5. The molecule has 0 atom stereocenters. The molecule has 0 unspecified atom stereocenters. The Labute approximate surface area is 242 Å². The Morgan fingerprint density at radius 1 is 1.10 bits per heavy atom. The Morgan fingerprint density at radius 2 is 1.82 bits per heavy atom. The Bertz CT molecular complexity index is 1660. The Hall–Kier alpha value is -4.06. The predicted octanol–water partition coefficient (Wildman–Crippen LogP) is 6.59. The van der Waals surface area contributed by atoms with E-state index in [-0.39, 0.29) is 5.91 Å². The van der Waals surface area contributed by atoms with Gasteiger partial charge in [-0.2, -0.15) is 10.4 Å². The summed E-state index contributed by atoms with van der Waals surface area (Å²) >= 11 is 12.8. The number of methoxy groups -OCH3 is 1. The summed E-state index contributed by atoms with van der Waals surface area (Å²) in [5.41, 5.74) is 4.46. The first-order chi connectivity index (χ1) is 19.0. The number of pyridine rings is 1.